The van der Waals surface area contributed by atoms with Crippen LogP contribution in [0.3, 0.4) is 0 Å². The number of nitrogens with zero attached hydrogens (tertiary/aromatic N) is 1. The number of amides is 2. The van der Waals surface area contributed by atoms with Crippen molar-refractivity contribution in [1.82, 2.24) is 9.88 Å². The van der Waals surface area contributed by atoms with Crippen LogP contribution in [0.2, 0.25) is 5.54 Å². The summed E-state index contributed by atoms with van der Waals surface area (Å²) in [4.78, 5) is 38.8. The second-order valence-electron chi connectivity index (χ2n) is 5.86. The van der Waals surface area contributed by atoms with E-state index in [-0.39, 0.29) is 12.3 Å². The fraction of sp³-hybridized carbons (Fsp3) is 0.769. The van der Waals surface area contributed by atoms with Crippen molar-refractivity contribution in [3.63, 3.8) is 0 Å². The number of carboxylic acids is 1. The number of carbonyl (C=O) groups excluding carboxylic acids is 2. The van der Waals surface area contributed by atoms with Crippen LogP contribution < -0.4 is 4.98 Å². The van der Waals surface area contributed by atoms with Gasteiger partial charge >= 0.3 is 12.1 Å². The summed E-state index contributed by atoms with van der Waals surface area (Å²) in [6.07, 6.45) is -0.834. The Hall–Kier alpha value is -1.61. The van der Waals surface area contributed by atoms with Gasteiger partial charge in [0.15, 0.2) is 0 Å². The number of carboxylic acid groups (broad SMARTS) is 1. The topological polar surface area (TPSA) is 105 Å². The molecular formula is C13H22N2O6Si. The fourth-order valence-electron chi connectivity index (χ4n) is 1.77. The molecule has 22 heavy (non-hydrogen) atoms. The standard InChI is InChI=1S/C13H22N2O6Si/c1-13(2,3)21-12(19)14-22-9(11(17)18)8-10(16)15-4-6-20-7-5-15/h9H,4-8H2,1-3H3,(H,14,19)(H,17,18). The fourth-order valence-corrected chi connectivity index (χ4v) is 2.51. The monoisotopic (exact) mass is 330 g/mol. The van der Waals surface area contributed by atoms with Crippen LogP contribution in [0.15, 0.2) is 0 Å². The summed E-state index contributed by atoms with van der Waals surface area (Å²) in [5, 5.41) is 9.19. The molecule has 0 bridgehead atoms. The van der Waals surface area contributed by atoms with Crippen molar-refractivity contribution < 1.29 is 29.0 Å². The number of ether oxygens (including phenoxy) is 2. The van der Waals surface area contributed by atoms with Gasteiger partial charge in [-0.15, -0.1) is 0 Å². The first-order chi connectivity index (χ1) is 10.2. The Morgan fingerprint density at radius 3 is 2.41 bits per heavy atom. The average Bonchev–Trinajstić information content (AvgIpc) is 2.41. The Bertz CT molecular complexity index is 417. The highest BCUT2D eigenvalue weighted by atomic mass is 28.2. The van der Waals surface area contributed by atoms with Gasteiger partial charge < -0.3 is 24.5 Å². The molecule has 2 radical (unpaired) electrons. The molecule has 1 aliphatic heterocycles. The molecule has 2 amide bonds. The van der Waals surface area contributed by atoms with Crippen LogP contribution in [-0.2, 0) is 19.1 Å². The quantitative estimate of drug-likeness (QED) is 0.700. The molecule has 9 heteroatoms. The molecule has 0 aromatic rings. The largest absolute Gasteiger partial charge is 0.481 e. The molecule has 0 aromatic heterocycles. The number of rotatable bonds is 5. The van der Waals surface area contributed by atoms with Crippen LogP contribution in [0, 0.1) is 0 Å². The maximum atomic E-state index is 12.1. The lowest BCUT2D eigenvalue weighted by atomic mass is 10.2. The number of aliphatic carboxylic acids is 1. The highest BCUT2D eigenvalue weighted by Crippen LogP contribution is 2.13. The molecule has 1 heterocycles. The Kier molecular flexibility index (Phi) is 6.82. The Balaban J connectivity index is 2.46. The van der Waals surface area contributed by atoms with Crippen molar-refractivity contribution in [3.8, 4) is 0 Å². The Morgan fingerprint density at radius 1 is 1.32 bits per heavy atom. The zero-order valence-corrected chi connectivity index (χ0v) is 14.0. The van der Waals surface area contributed by atoms with Crippen LogP contribution in [-0.4, -0.2) is 69.6 Å². The molecule has 1 fully saturated rings. The SMILES string of the molecule is CC(C)(C)OC(=O)N[Si]C(CC(=O)N1CCOCC1)C(=O)O. The second kappa shape index (κ2) is 8.13. The molecular weight excluding hydrogens is 308 g/mol. The number of hydrogen-bond donors (Lipinski definition) is 2. The van der Waals surface area contributed by atoms with E-state index in [1.165, 1.54) is 0 Å². The first-order valence-corrected chi connectivity index (χ1v) is 8.09. The Labute approximate surface area is 132 Å². The number of hydrogen-bond acceptors (Lipinski definition) is 5. The van der Waals surface area contributed by atoms with Crippen molar-refractivity contribution in [2.45, 2.75) is 38.3 Å². The van der Waals surface area contributed by atoms with Gasteiger partial charge in [-0.3, -0.25) is 9.59 Å². The van der Waals surface area contributed by atoms with Crippen molar-refractivity contribution in [2.75, 3.05) is 26.3 Å². The lowest BCUT2D eigenvalue weighted by Gasteiger charge is -2.27. The van der Waals surface area contributed by atoms with Crippen LogP contribution in [0.4, 0.5) is 4.79 Å². The smallest absolute Gasteiger partial charge is 0.399 e. The third-order valence-corrected chi connectivity index (χ3v) is 3.94. The summed E-state index contributed by atoms with van der Waals surface area (Å²) in [5.74, 6) is -1.36. The van der Waals surface area contributed by atoms with Gasteiger partial charge in [-0.1, -0.05) is 0 Å². The summed E-state index contributed by atoms with van der Waals surface area (Å²) in [6, 6.07) is 0. The molecule has 2 N–H and O–H groups in total. The van der Waals surface area contributed by atoms with Gasteiger partial charge in [0.05, 0.1) is 18.8 Å². The van der Waals surface area contributed by atoms with Crippen molar-refractivity contribution in [2.24, 2.45) is 0 Å². The molecule has 1 atom stereocenters. The van der Waals surface area contributed by atoms with Crippen molar-refractivity contribution in [3.05, 3.63) is 0 Å². The van der Waals surface area contributed by atoms with Crippen LogP contribution in [0.25, 0.3) is 0 Å². The minimum Gasteiger partial charge on any atom is -0.481 e. The van der Waals surface area contributed by atoms with Crippen LogP contribution in [0.5, 0.6) is 0 Å². The number of nitrogens with one attached hydrogen (secondary N) is 1. The van der Waals surface area contributed by atoms with E-state index in [0.29, 0.717) is 26.3 Å². The lowest BCUT2D eigenvalue weighted by Crippen LogP contribution is -2.43. The molecule has 0 aromatic carbocycles. The third kappa shape index (κ3) is 6.90. The molecule has 1 aliphatic rings. The van der Waals surface area contributed by atoms with E-state index in [1.54, 1.807) is 25.7 Å². The molecule has 1 saturated heterocycles. The predicted molar refractivity (Wildman–Crippen MR) is 78.5 cm³/mol. The van der Waals surface area contributed by atoms with Crippen molar-refractivity contribution in [1.29, 1.82) is 0 Å². The minimum atomic E-state index is -1.11. The molecule has 0 spiro atoms. The number of carbonyl (C=O) groups is 3. The normalized spacial score (nSPS) is 16.8. The maximum Gasteiger partial charge on any atom is 0.399 e. The van der Waals surface area contributed by atoms with E-state index in [1.807, 2.05) is 0 Å². The average molecular weight is 330 g/mol. The minimum absolute atomic E-state index is 0.149. The summed E-state index contributed by atoms with van der Waals surface area (Å²) < 4.78 is 10.2. The molecule has 0 saturated carbocycles. The first kappa shape index (κ1) is 18.4. The Morgan fingerprint density at radius 2 is 1.91 bits per heavy atom. The van der Waals surface area contributed by atoms with E-state index < -0.39 is 32.9 Å². The third-order valence-electron chi connectivity index (χ3n) is 2.79. The van der Waals surface area contributed by atoms with Crippen LogP contribution in [0.1, 0.15) is 27.2 Å². The zero-order valence-electron chi connectivity index (χ0n) is 13.0. The van der Waals surface area contributed by atoms with Gasteiger partial charge in [0.25, 0.3) is 0 Å². The molecule has 0 aliphatic carbocycles. The predicted octanol–water partition coefficient (Wildman–Crippen LogP) is 0.252. The van der Waals surface area contributed by atoms with E-state index in [2.05, 4.69) is 4.98 Å². The van der Waals surface area contributed by atoms with Crippen molar-refractivity contribution >= 4 is 27.7 Å². The summed E-state index contributed by atoms with van der Waals surface area (Å²) >= 11 is 0. The van der Waals surface area contributed by atoms with Gasteiger partial charge in [0.1, 0.15) is 5.60 Å². The highest BCUT2D eigenvalue weighted by Gasteiger charge is 2.28. The summed E-state index contributed by atoms with van der Waals surface area (Å²) in [5.41, 5.74) is -1.61. The zero-order chi connectivity index (χ0) is 16.8. The summed E-state index contributed by atoms with van der Waals surface area (Å²) in [6.45, 7) is 7.00. The van der Waals surface area contributed by atoms with Gasteiger partial charge in [-0.25, -0.2) is 4.79 Å². The number of morpholine rings is 1. The van der Waals surface area contributed by atoms with E-state index >= 15 is 0 Å². The van der Waals surface area contributed by atoms with E-state index in [0.717, 1.165) is 0 Å². The lowest BCUT2D eigenvalue weighted by molar-refractivity contribution is -0.142. The highest BCUT2D eigenvalue weighted by molar-refractivity contribution is 6.44. The van der Waals surface area contributed by atoms with E-state index in [9.17, 15) is 19.5 Å². The van der Waals surface area contributed by atoms with Gasteiger partial charge in [0.2, 0.25) is 15.6 Å². The second-order valence-corrected chi connectivity index (χ2v) is 7.09. The summed E-state index contributed by atoms with van der Waals surface area (Å²) in [7, 11) is -0.426. The van der Waals surface area contributed by atoms with Gasteiger partial charge in [-0.05, 0) is 20.8 Å². The maximum absolute atomic E-state index is 12.1. The van der Waals surface area contributed by atoms with Gasteiger partial charge in [0, 0.05) is 19.5 Å². The molecule has 124 valence electrons. The van der Waals surface area contributed by atoms with Gasteiger partial charge in [-0.2, -0.15) is 0 Å². The van der Waals surface area contributed by atoms with E-state index in [4.69, 9.17) is 9.47 Å². The molecule has 1 unspecified atom stereocenters. The van der Waals surface area contributed by atoms with Crippen LogP contribution >= 0.6 is 0 Å². The molecule has 1 rings (SSSR count). The molecule has 8 nitrogen and oxygen atoms in total. The first-order valence-electron chi connectivity index (χ1n) is 7.02.